The van der Waals surface area contributed by atoms with Gasteiger partial charge in [-0.1, -0.05) is 27.7 Å². The predicted molar refractivity (Wildman–Crippen MR) is 174 cm³/mol. The summed E-state index contributed by atoms with van der Waals surface area (Å²) in [6.07, 6.45) is -12.9. The highest BCUT2D eigenvalue weighted by atomic mass is 16.6. The maximum absolute atomic E-state index is 13.3. The SMILES string of the molecule is CC(=O)OC1C(CO)OC(CC[C@H](NC(=O)CCC(=O)[C@@H](C)CCC2OC(CO)C(O)C(O)C2O)C(=O)CCCC(=O)C(C)(C)C)C(O)C1O. The number of Topliss-reactive ketones (excluding diaryl/α,β-unsaturated/α-hetero) is 3. The van der Waals surface area contributed by atoms with Gasteiger partial charge in [0.2, 0.25) is 5.91 Å². The summed E-state index contributed by atoms with van der Waals surface area (Å²) in [5.41, 5.74) is -0.586. The van der Waals surface area contributed by atoms with E-state index in [1.54, 1.807) is 27.7 Å². The Labute approximate surface area is 292 Å². The Morgan fingerprint density at radius 2 is 1.24 bits per heavy atom. The monoisotopic (exact) mass is 719 g/mol. The number of carbonyl (C=O) groups excluding carboxylic acids is 5. The van der Waals surface area contributed by atoms with Crippen molar-refractivity contribution in [2.45, 2.75) is 159 Å². The van der Waals surface area contributed by atoms with E-state index < -0.39 is 104 Å². The molecular weight excluding hydrogens is 662 g/mol. The minimum atomic E-state index is -1.59. The van der Waals surface area contributed by atoms with E-state index in [2.05, 4.69) is 5.32 Å². The minimum Gasteiger partial charge on any atom is -0.457 e. The van der Waals surface area contributed by atoms with Crippen LogP contribution < -0.4 is 5.32 Å². The number of hydrogen-bond acceptors (Lipinski definition) is 15. The van der Waals surface area contributed by atoms with Crippen molar-refractivity contribution in [1.82, 2.24) is 5.32 Å². The quantitative estimate of drug-likeness (QED) is 0.0716. The molecule has 2 aliphatic heterocycles. The second kappa shape index (κ2) is 20.0. The lowest BCUT2D eigenvalue weighted by Crippen LogP contribution is -2.60. The van der Waals surface area contributed by atoms with Crippen LogP contribution in [0.2, 0.25) is 0 Å². The molecule has 50 heavy (non-hydrogen) atoms. The molecule has 8 N–H and O–H groups in total. The zero-order valence-electron chi connectivity index (χ0n) is 29.6. The maximum Gasteiger partial charge on any atom is 0.303 e. The van der Waals surface area contributed by atoms with E-state index in [9.17, 15) is 59.7 Å². The van der Waals surface area contributed by atoms with Gasteiger partial charge < -0.3 is 55.3 Å². The first-order valence-corrected chi connectivity index (χ1v) is 17.3. The van der Waals surface area contributed by atoms with Gasteiger partial charge in [-0.2, -0.15) is 0 Å². The Morgan fingerprint density at radius 3 is 1.80 bits per heavy atom. The lowest BCUT2D eigenvalue weighted by atomic mass is 9.87. The Bertz CT molecular complexity index is 1140. The summed E-state index contributed by atoms with van der Waals surface area (Å²) in [4.78, 5) is 63.0. The third-order valence-corrected chi connectivity index (χ3v) is 9.42. The zero-order chi connectivity index (χ0) is 37.9. The molecule has 288 valence electrons. The fourth-order valence-electron chi connectivity index (χ4n) is 6.10. The van der Waals surface area contributed by atoms with Gasteiger partial charge in [-0.25, -0.2) is 0 Å². The number of ketones is 3. The lowest BCUT2D eigenvalue weighted by Gasteiger charge is -2.42. The largest absolute Gasteiger partial charge is 0.457 e. The van der Waals surface area contributed by atoms with E-state index >= 15 is 0 Å². The average Bonchev–Trinajstić information content (AvgIpc) is 3.05. The number of carbonyl (C=O) groups is 5. The van der Waals surface area contributed by atoms with Crippen molar-refractivity contribution in [3.63, 3.8) is 0 Å². The molecule has 0 aliphatic carbocycles. The van der Waals surface area contributed by atoms with Crippen molar-refractivity contribution in [2.24, 2.45) is 11.3 Å². The summed E-state index contributed by atoms with van der Waals surface area (Å²) in [7, 11) is 0. The Kier molecular flexibility index (Phi) is 17.5. The molecule has 2 rings (SSSR count). The maximum atomic E-state index is 13.3. The normalized spacial score (nSPS) is 31.4. The van der Waals surface area contributed by atoms with Crippen LogP contribution in [0.25, 0.3) is 0 Å². The molecule has 0 aromatic rings. The number of ether oxygens (including phenoxy) is 3. The topological polar surface area (TPSA) is 267 Å². The van der Waals surface area contributed by atoms with E-state index in [0.29, 0.717) is 0 Å². The smallest absolute Gasteiger partial charge is 0.303 e. The fraction of sp³-hybridized carbons (Fsp3) is 0.853. The van der Waals surface area contributed by atoms with Gasteiger partial charge in [-0.05, 0) is 32.1 Å². The summed E-state index contributed by atoms with van der Waals surface area (Å²) < 4.78 is 16.2. The first-order valence-electron chi connectivity index (χ1n) is 17.3. The van der Waals surface area contributed by atoms with E-state index in [4.69, 9.17) is 14.2 Å². The molecule has 2 aliphatic rings. The van der Waals surface area contributed by atoms with Crippen molar-refractivity contribution in [3.8, 4) is 0 Å². The van der Waals surface area contributed by atoms with E-state index in [1.807, 2.05) is 0 Å². The molecular formula is C34H57NO15. The summed E-state index contributed by atoms with van der Waals surface area (Å²) in [5.74, 6) is -2.62. The van der Waals surface area contributed by atoms with Gasteiger partial charge in [0.1, 0.15) is 54.3 Å². The average molecular weight is 720 g/mol. The van der Waals surface area contributed by atoms with E-state index in [-0.39, 0.29) is 75.1 Å². The van der Waals surface area contributed by atoms with Crippen LogP contribution in [0.1, 0.15) is 92.4 Å². The summed E-state index contributed by atoms with van der Waals surface area (Å²) in [6, 6.07) is -1.09. The Balaban J connectivity index is 2.01. The van der Waals surface area contributed by atoms with Gasteiger partial charge in [0, 0.05) is 43.9 Å². The molecule has 0 bridgehead atoms. The molecule has 12 atom stereocenters. The first-order chi connectivity index (χ1) is 23.3. The molecule has 2 heterocycles. The lowest BCUT2D eigenvalue weighted by molar-refractivity contribution is -0.239. The molecule has 0 aromatic heterocycles. The molecule has 0 aromatic carbocycles. The van der Waals surface area contributed by atoms with Crippen molar-refractivity contribution in [3.05, 3.63) is 0 Å². The number of aliphatic hydroxyl groups is 7. The highest BCUT2D eigenvalue weighted by Gasteiger charge is 2.46. The predicted octanol–water partition coefficient (Wildman–Crippen LogP) is -1.37. The minimum absolute atomic E-state index is 0.0323. The van der Waals surface area contributed by atoms with E-state index in [0.717, 1.165) is 6.92 Å². The van der Waals surface area contributed by atoms with Crippen LogP contribution in [0.5, 0.6) is 0 Å². The van der Waals surface area contributed by atoms with Gasteiger partial charge >= 0.3 is 5.97 Å². The second-order valence-corrected chi connectivity index (χ2v) is 14.5. The molecule has 0 spiro atoms. The summed E-state index contributed by atoms with van der Waals surface area (Å²) in [5, 5.41) is 73.3. The second-order valence-electron chi connectivity index (χ2n) is 14.5. The standard InChI is InChI=1S/C34H57NO15/c1-17(9-12-22-28(43)31(46)30(45)24(15-36)49-22)20(39)11-14-27(42)35-19(21(40)7-6-8-26(41)34(3,4)5)10-13-23-29(44)32(47)33(48-18(2)38)25(16-37)50-23/h17,19,22-25,28-33,36-37,43-47H,6-16H2,1-5H3,(H,35,42)/t17-,19-,22?,23?,24?,25?,28?,29?,30?,31?,32?,33?/m0/s1. The van der Waals surface area contributed by atoms with Crippen LogP contribution >= 0.6 is 0 Å². The molecule has 10 unspecified atom stereocenters. The van der Waals surface area contributed by atoms with Crippen LogP contribution in [-0.4, -0.2) is 145 Å². The summed E-state index contributed by atoms with van der Waals surface area (Å²) >= 11 is 0. The molecule has 1 amide bonds. The number of aliphatic hydroxyl groups excluding tert-OH is 7. The van der Waals surface area contributed by atoms with Crippen molar-refractivity contribution in [2.75, 3.05) is 13.2 Å². The molecule has 16 heteroatoms. The molecule has 2 saturated heterocycles. The number of amides is 1. The molecule has 0 saturated carbocycles. The Morgan fingerprint density at radius 1 is 0.700 bits per heavy atom. The van der Waals surface area contributed by atoms with Gasteiger partial charge in [0.25, 0.3) is 0 Å². The number of hydrogen-bond donors (Lipinski definition) is 8. The van der Waals surface area contributed by atoms with Gasteiger partial charge in [0.15, 0.2) is 11.9 Å². The van der Waals surface area contributed by atoms with Crippen molar-refractivity contribution < 1.29 is 73.9 Å². The van der Waals surface area contributed by atoms with Crippen LogP contribution in [-0.2, 0) is 38.2 Å². The number of rotatable bonds is 19. The first kappa shape index (κ1) is 43.8. The number of esters is 1. The van der Waals surface area contributed by atoms with Crippen molar-refractivity contribution in [1.29, 1.82) is 0 Å². The van der Waals surface area contributed by atoms with Crippen molar-refractivity contribution >= 4 is 29.2 Å². The van der Waals surface area contributed by atoms with Crippen LogP contribution in [0.15, 0.2) is 0 Å². The zero-order valence-corrected chi connectivity index (χ0v) is 29.6. The van der Waals surface area contributed by atoms with Gasteiger partial charge in [-0.15, -0.1) is 0 Å². The number of nitrogens with one attached hydrogen (secondary N) is 1. The molecule has 16 nitrogen and oxygen atoms in total. The van der Waals surface area contributed by atoms with Crippen LogP contribution in [0.3, 0.4) is 0 Å². The Hall–Kier alpha value is -2.41. The van der Waals surface area contributed by atoms with Crippen LogP contribution in [0.4, 0.5) is 0 Å². The highest BCUT2D eigenvalue weighted by molar-refractivity contribution is 5.91. The van der Waals surface area contributed by atoms with Gasteiger partial charge in [-0.3, -0.25) is 24.0 Å². The third-order valence-electron chi connectivity index (χ3n) is 9.42. The van der Waals surface area contributed by atoms with E-state index in [1.165, 1.54) is 0 Å². The third kappa shape index (κ3) is 12.7. The van der Waals surface area contributed by atoms with Gasteiger partial charge in [0.05, 0.1) is 31.5 Å². The highest BCUT2D eigenvalue weighted by Crippen LogP contribution is 2.28. The molecule has 2 fully saturated rings. The van der Waals surface area contributed by atoms with Crippen LogP contribution in [0, 0.1) is 11.3 Å². The molecule has 0 radical (unpaired) electrons. The summed E-state index contributed by atoms with van der Waals surface area (Å²) in [6.45, 7) is 6.85. The fourth-order valence-corrected chi connectivity index (χ4v) is 6.10.